The van der Waals surface area contributed by atoms with Crippen LogP contribution >= 0.6 is 0 Å². The molecule has 2 aliphatic carbocycles. The average molecular weight is 458 g/mol. The average Bonchev–Trinajstić information content (AvgIpc) is 2.85. The van der Waals surface area contributed by atoms with Gasteiger partial charge >= 0.3 is 0 Å². The fraction of sp³-hybridized carbons (Fsp3) is 0.296. The minimum Gasteiger partial charge on any atom is -0.391 e. The van der Waals surface area contributed by atoms with Crippen LogP contribution in [0, 0.1) is 0 Å². The number of hydrogen-bond acceptors (Lipinski definition) is 5. The molecule has 0 radical (unpaired) electrons. The topological polar surface area (TPSA) is 112 Å². The van der Waals surface area contributed by atoms with E-state index >= 15 is 0 Å². The third-order valence-corrected chi connectivity index (χ3v) is 6.75. The Labute approximate surface area is 197 Å². The highest BCUT2D eigenvalue weighted by atomic mass is 16.3. The predicted molar refractivity (Wildman–Crippen MR) is 126 cm³/mol. The molecule has 2 aliphatic rings. The van der Waals surface area contributed by atoms with Crippen molar-refractivity contribution in [2.24, 2.45) is 0 Å². The van der Waals surface area contributed by atoms with Gasteiger partial charge in [-0.15, -0.1) is 0 Å². The molecule has 0 unspecified atom stereocenters. The van der Waals surface area contributed by atoms with E-state index in [0.717, 1.165) is 22.3 Å². The highest BCUT2D eigenvalue weighted by Gasteiger charge is 2.30. The van der Waals surface area contributed by atoms with Crippen LogP contribution in [0.15, 0.2) is 66.7 Å². The van der Waals surface area contributed by atoms with Crippen LogP contribution in [0.1, 0.15) is 43.2 Å². The third kappa shape index (κ3) is 4.58. The molecule has 34 heavy (non-hydrogen) atoms. The van der Waals surface area contributed by atoms with Crippen LogP contribution in [0.2, 0.25) is 0 Å². The van der Waals surface area contributed by atoms with E-state index in [1.54, 1.807) is 18.2 Å². The van der Waals surface area contributed by atoms with Gasteiger partial charge < -0.3 is 20.8 Å². The molecule has 0 bridgehead atoms. The molecule has 4 atom stereocenters. The van der Waals surface area contributed by atoms with Gasteiger partial charge in [0, 0.05) is 12.8 Å². The fourth-order valence-corrected chi connectivity index (χ4v) is 4.86. The van der Waals surface area contributed by atoms with E-state index in [1.165, 1.54) is 0 Å². The first-order valence-electron chi connectivity index (χ1n) is 11.6. The number of hydrogen-bond donors (Lipinski definition) is 4. The number of pyridine rings is 1. The molecule has 0 saturated carbocycles. The minimum absolute atomic E-state index is 0.105. The summed E-state index contributed by atoms with van der Waals surface area (Å²) in [4.78, 5) is 30.0. The summed E-state index contributed by atoms with van der Waals surface area (Å²) in [7, 11) is 0. The van der Waals surface area contributed by atoms with Crippen molar-refractivity contribution in [3.63, 3.8) is 0 Å². The van der Waals surface area contributed by atoms with Crippen molar-refractivity contribution in [1.29, 1.82) is 0 Å². The van der Waals surface area contributed by atoms with Gasteiger partial charge in [-0.3, -0.25) is 9.59 Å². The Kier molecular flexibility index (Phi) is 6.13. The van der Waals surface area contributed by atoms with Crippen molar-refractivity contribution in [2.75, 3.05) is 0 Å². The molecule has 1 aromatic heterocycles. The van der Waals surface area contributed by atoms with Crippen LogP contribution in [0.25, 0.3) is 0 Å². The predicted octanol–water partition coefficient (Wildman–Crippen LogP) is 1.60. The lowest BCUT2D eigenvalue weighted by molar-refractivity contribution is 0.0803. The lowest BCUT2D eigenvalue weighted by Gasteiger charge is -2.30. The first kappa shape index (κ1) is 22.3. The molecule has 1 heterocycles. The SMILES string of the molecule is O=C(N[C@@H]1Cc2ccccc2C[C@@H]1O)c1cccc(C(=O)N[C@@H]2Cc3ccccc3C[C@@H]2O)n1. The van der Waals surface area contributed by atoms with Gasteiger partial charge in [0.15, 0.2) is 0 Å². The summed E-state index contributed by atoms with van der Waals surface area (Å²) in [5.41, 5.74) is 4.59. The summed E-state index contributed by atoms with van der Waals surface area (Å²) >= 11 is 0. The van der Waals surface area contributed by atoms with Crippen molar-refractivity contribution in [1.82, 2.24) is 15.6 Å². The van der Waals surface area contributed by atoms with Crippen LogP contribution in [0.4, 0.5) is 0 Å². The molecule has 0 spiro atoms. The molecule has 0 saturated heterocycles. The second-order valence-corrected chi connectivity index (χ2v) is 9.06. The Morgan fingerprint density at radius 3 is 1.41 bits per heavy atom. The second-order valence-electron chi connectivity index (χ2n) is 9.06. The Balaban J connectivity index is 1.25. The zero-order chi connectivity index (χ0) is 23.7. The van der Waals surface area contributed by atoms with Gasteiger partial charge in [0.05, 0.1) is 24.3 Å². The van der Waals surface area contributed by atoms with Gasteiger partial charge in [0.1, 0.15) is 11.4 Å². The molecule has 5 rings (SSSR count). The number of aliphatic hydroxyl groups excluding tert-OH is 2. The van der Waals surface area contributed by atoms with Crippen LogP contribution in [-0.4, -0.2) is 51.3 Å². The Morgan fingerprint density at radius 2 is 1.00 bits per heavy atom. The number of nitrogens with one attached hydrogen (secondary N) is 2. The summed E-state index contributed by atoms with van der Waals surface area (Å²) in [6.07, 6.45) is 0.629. The van der Waals surface area contributed by atoms with E-state index in [1.807, 2.05) is 48.5 Å². The van der Waals surface area contributed by atoms with E-state index in [2.05, 4.69) is 15.6 Å². The Morgan fingerprint density at radius 1 is 0.618 bits per heavy atom. The summed E-state index contributed by atoms with van der Waals surface area (Å²) < 4.78 is 0. The van der Waals surface area contributed by atoms with Crippen LogP contribution in [0.3, 0.4) is 0 Å². The molecule has 174 valence electrons. The number of carbonyl (C=O) groups is 2. The van der Waals surface area contributed by atoms with Gasteiger partial charge in [0.25, 0.3) is 11.8 Å². The Bertz CT molecular complexity index is 1140. The first-order valence-corrected chi connectivity index (χ1v) is 11.6. The zero-order valence-electron chi connectivity index (χ0n) is 18.6. The smallest absolute Gasteiger partial charge is 0.270 e. The molecule has 2 aromatic carbocycles. The minimum atomic E-state index is -0.694. The highest BCUT2D eigenvalue weighted by Crippen LogP contribution is 2.23. The largest absolute Gasteiger partial charge is 0.391 e. The van der Waals surface area contributed by atoms with Gasteiger partial charge in [-0.25, -0.2) is 4.98 Å². The van der Waals surface area contributed by atoms with Crippen molar-refractivity contribution in [3.05, 3.63) is 100 Å². The molecule has 7 nitrogen and oxygen atoms in total. The van der Waals surface area contributed by atoms with Gasteiger partial charge in [-0.2, -0.15) is 0 Å². The van der Waals surface area contributed by atoms with Crippen LogP contribution in [-0.2, 0) is 25.7 Å². The number of aromatic nitrogens is 1. The first-order chi connectivity index (χ1) is 16.5. The van der Waals surface area contributed by atoms with E-state index in [-0.39, 0.29) is 11.4 Å². The standard InChI is InChI=1S/C27H27N3O4/c31-24-14-18-8-3-1-6-16(18)12-22(24)29-26(33)20-10-5-11-21(28-20)27(34)30-23-13-17-7-2-4-9-19(17)15-25(23)32/h1-11,22-25,31-32H,12-15H2,(H,29,33)(H,30,34)/t22-,23-,24+,25+/m1/s1. The molecular weight excluding hydrogens is 430 g/mol. The zero-order valence-corrected chi connectivity index (χ0v) is 18.6. The van der Waals surface area contributed by atoms with Crippen LogP contribution in [0.5, 0.6) is 0 Å². The molecule has 2 amide bonds. The lowest BCUT2D eigenvalue weighted by atomic mass is 9.86. The number of amides is 2. The highest BCUT2D eigenvalue weighted by molar-refractivity contribution is 5.96. The van der Waals surface area contributed by atoms with E-state index in [0.29, 0.717) is 25.7 Å². The van der Waals surface area contributed by atoms with E-state index in [9.17, 15) is 19.8 Å². The van der Waals surface area contributed by atoms with Gasteiger partial charge in [-0.1, -0.05) is 54.6 Å². The summed E-state index contributed by atoms with van der Waals surface area (Å²) in [5, 5.41) is 26.8. The maximum Gasteiger partial charge on any atom is 0.270 e. The second kappa shape index (κ2) is 9.37. The summed E-state index contributed by atoms with van der Waals surface area (Å²) in [6.45, 7) is 0. The quantitative estimate of drug-likeness (QED) is 0.476. The monoisotopic (exact) mass is 457 g/mol. The normalized spacial score (nSPS) is 23.4. The molecule has 4 N–H and O–H groups in total. The number of rotatable bonds is 4. The van der Waals surface area contributed by atoms with Gasteiger partial charge in [0.2, 0.25) is 0 Å². The lowest BCUT2D eigenvalue weighted by Crippen LogP contribution is -2.49. The van der Waals surface area contributed by atoms with E-state index in [4.69, 9.17) is 0 Å². The number of carbonyl (C=O) groups excluding carboxylic acids is 2. The molecule has 3 aromatic rings. The molecular formula is C27H27N3O4. The van der Waals surface area contributed by atoms with Crippen molar-refractivity contribution in [3.8, 4) is 0 Å². The molecule has 0 fully saturated rings. The Hall–Kier alpha value is -3.55. The summed E-state index contributed by atoms with van der Waals surface area (Å²) in [6, 6.07) is 19.6. The van der Waals surface area contributed by atoms with Crippen molar-refractivity contribution < 1.29 is 19.8 Å². The van der Waals surface area contributed by atoms with Gasteiger partial charge in [-0.05, 0) is 47.2 Å². The maximum atomic E-state index is 12.9. The number of aliphatic hydroxyl groups is 2. The number of fused-ring (bicyclic) bond motifs is 2. The van der Waals surface area contributed by atoms with E-state index < -0.39 is 36.1 Å². The van der Waals surface area contributed by atoms with Crippen molar-refractivity contribution >= 4 is 11.8 Å². The van der Waals surface area contributed by atoms with Crippen molar-refractivity contribution in [2.45, 2.75) is 50.0 Å². The maximum absolute atomic E-state index is 12.9. The van der Waals surface area contributed by atoms with Crippen LogP contribution < -0.4 is 10.6 Å². The molecule has 7 heteroatoms. The fourth-order valence-electron chi connectivity index (χ4n) is 4.86. The molecule has 0 aliphatic heterocycles. The number of benzene rings is 2. The number of nitrogens with zero attached hydrogens (tertiary/aromatic N) is 1. The third-order valence-electron chi connectivity index (χ3n) is 6.75. The summed E-state index contributed by atoms with van der Waals surface area (Å²) in [5.74, 6) is -0.880.